The number of hydrogen-bond acceptors (Lipinski definition) is 7. The van der Waals surface area contributed by atoms with Gasteiger partial charge in [0, 0.05) is 39.3 Å². The number of amides is 1. The van der Waals surface area contributed by atoms with Crippen LogP contribution in [0.15, 0.2) is 18.2 Å². The molecule has 1 aliphatic heterocycles. The van der Waals surface area contributed by atoms with Crippen LogP contribution in [0.4, 0.5) is 0 Å². The van der Waals surface area contributed by atoms with Crippen molar-refractivity contribution < 1.29 is 29.2 Å². The standard InChI is InChI=1S/C24H40N2O6/c1-16(2)18(12-20(25)21(28)15-26-14-19(27)13-24(26)29)10-17-6-7-22(31-4)23(11-17)32-9-5-8-30-3/h6-7,11,16,18-21,27-28H,5,8-10,12-15,25H2,1-4H3/t18-,19+,20-,21-/m0/s1. The average Bonchev–Trinajstić information content (AvgIpc) is 3.07. The van der Waals surface area contributed by atoms with Crippen molar-refractivity contribution in [2.45, 2.75) is 57.8 Å². The van der Waals surface area contributed by atoms with E-state index in [2.05, 4.69) is 13.8 Å². The zero-order valence-corrected chi connectivity index (χ0v) is 19.8. The summed E-state index contributed by atoms with van der Waals surface area (Å²) >= 11 is 0. The van der Waals surface area contributed by atoms with Crippen molar-refractivity contribution in [1.29, 1.82) is 0 Å². The number of aliphatic hydroxyl groups is 2. The van der Waals surface area contributed by atoms with E-state index < -0.39 is 18.2 Å². The Morgan fingerprint density at radius 1 is 1.22 bits per heavy atom. The Balaban J connectivity index is 1.98. The van der Waals surface area contributed by atoms with E-state index in [0.717, 1.165) is 18.4 Å². The van der Waals surface area contributed by atoms with Gasteiger partial charge in [0.2, 0.25) is 5.91 Å². The highest BCUT2D eigenvalue weighted by molar-refractivity contribution is 5.79. The molecule has 4 atom stereocenters. The van der Waals surface area contributed by atoms with Crippen LogP contribution in [-0.2, 0) is 16.0 Å². The zero-order chi connectivity index (χ0) is 23.7. The summed E-state index contributed by atoms with van der Waals surface area (Å²) in [6.07, 6.45) is 0.833. The molecule has 0 aromatic heterocycles. The summed E-state index contributed by atoms with van der Waals surface area (Å²) in [4.78, 5) is 13.4. The van der Waals surface area contributed by atoms with Crippen molar-refractivity contribution >= 4 is 5.91 Å². The first-order valence-corrected chi connectivity index (χ1v) is 11.4. The molecule has 1 heterocycles. The molecule has 1 amide bonds. The number of hydrogen-bond donors (Lipinski definition) is 3. The van der Waals surface area contributed by atoms with E-state index in [1.165, 1.54) is 4.90 Å². The molecule has 0 bridgehead atoms. The van der Waals surface area contributed by atoms with E-state index in [1.807, 2.05) is 18.2 Å². The van der Waals surface area contributed by atoms with E-state index >= 15 is 0 Å². The minimum absolute atomic E-state index is 0.115. The van der Waals surface area contributed by atoms with Crippen molar-refractivity contribution in [2.24, 2.45) is 17.6 Å². The van der Waals surface area contributed by atoms with Crippen molar-refractivity contribution in [3.8, 4) is 11.5 Å². The van der Waals surface area contributed by atoms with Gasteiger partial charge in [0.1, 0.15) is 0 Å². The minimum atomic E-state index is -0.832. The van der Waals surface area contributed by atoms with E-state index in [-0.39, 0.29) is 31.3 Å². The lowest BCUT2D eigenvalue weighted by atomic mass is 9.83. The highest BCUT2D eigenvalue weighted by Gasteiger charge is 2.31. The number of nitrogens with zero attached hydrogens (tertiary/aromatic N) is 1. The Morgan fingerprint density at radius 2 is 1.97 bits per heavy atom. The van der Waals surface area contributed by atoms with Gasteiger partial charge in [-0.05, 0) is 42.4 Å². The van der Waals surface area contributed by atoms with Crippen LogP contribution < -0.4 is 15.2 Å². The molecule has 8 heteroatoms. The third-order valence-corrected chi connectivity index (χ3v) is 6.09. The van der Waals surface area contributed by atoms with Crippen LogP contribution in [0.3, 0.4) is 0 Å². The van der Waals surface area contributed by atoms with Crippen LogP contribution in [0, 0.1) is 11.8 Å². The molecule has 1 aliphatic rings. The predicted molar refractivity (Wildman–Crippen MR) is 123 cm³/mol. The monoisotopic (exact) mass is 452 g/mol. The number of carbonyl (C=O) groups excluding carboxylic acids is 1. The molecule has 0 radical (unpaired) electrons. The number of benzene rings is 1. The summed E-state index contributed by atoms with van der Waals surface area (Å²) in [6.45, 7) is 5.90. The van der Waals surface area contributed by atoms with Crippen LogP contribution in [0.25, 0.3) is 0 Å². The van der Waals surface area contributed by atoms with Gasteiger partial charge in [-0.1, -0.05) is 19.9 Å². The fourth-order valence-corrected chi connectivity index (χ4v) is 4.04. The molecule has 182 valence electrons. The van der Waals surface area contributed by atoms with E-state index in [9.17, 15) is 15.0 Å². The van der Waals surface area contributed by atoms with E-state index in [0.29, 0.717) is 37.1 Å². The molecule has 0 saturated carbocycles. The number of aliphatic hydroxyl groups excluding tert-OH is 2. The average molecular weight is 453 g/mol. The Hall–Kier alpha value is -1.87. The maximum Gasteiger partial charge on any atom is 0.225 e. The second kappa shape index (κ2) is 13.0. The number of carbonyl (C=O) groups is 1. The van der Waals surface area contributed by atoms with Gasteiger partial charge in [0.15, 0.2) is 11.5 Å². The molecule has 8 nitrogen and oxygen atoms in total. The Labute approximate surface area is 191 Å². The summed E-state index contributed by atoms with van der Waals surface area (Å²) in [5.74, 6) is 1.86. The number of β-amino-alcohol motifs (C(OH)–C–C–N with tert-alkyl or cyclic N) is 2. The maximum absolute atomic E-state index is 11.9. The van der Waals surface area contributed by atoms with Crippen molar-refractivity contribution in [3.63, 3.8) is 0 Å². The molecule has 2 rings (SSSR count). The third kappa shape index (κ3) is 7.92. The second-order valence-corrected chi connectivity index (χ2v) is 9.01. The van der Waals surface area contributed by atoms with Gasteiger partial charge in [-0.2, -0.15) is 0 Å². The Kier molecular flexibility index (Phi) is 10.7. The number of rotatable bonds is 14. The number of likely N-dealkylation sites (tertiary alicyclic amines) is 1. The van der Waals surface area contributed by atoms with Gasteiger partial charge >= 0.3 is 0 Å². The Bertz CT molecular complexity index is 714. The fourth-order valence-electron chi connectivity index (χ4n) is 4.04. The quantitative estimate of drug-likeness (QED) is 0.367. The van der Waals surface area contributed by atoms with Crippen molar-refractivity contribution in [2.75, 3.05) is 40.5 Å². The molecule has 4 N–H and O–H groups in total. The van der Waals surface area contributed by atoms with Gasteiger partial charge in [0.25, 0.3) is 0 Å². The molecule has 1 aromatic rings. The number of methoxy groups -OCH3 is 2. The first-order valence-electron chi connectivity index (χ1n) is 11.4. The smallest absolute Gasteiger partial charge is 0.225 e. The summed E-state index contributed by atoms with van der Waals surface area (Å²) in [5.41, 5.74) is 7.45. The van der Waals surface area contributed by atoms with E-state index in [1.54, 1.807) is 14.2 Å². The summed E-state index contributed by atoms with van der Waals surface area (Å²) in [5, 5.41) is 20.2. The highest BCUT2D eigenvalue weighted by Crippen LogP contribution is 2.31. The van der Waals surface area contributed by atoms with Gasteiger partial charge in [-0.3, -0.25) is 4.79 Å². The lowest BCUT2D eigenvalue weighted by molar-refractivity contribution is -0.129. The SMILES string of the molecule is COCCCOc1cc(C[C@@H](C[C@H](N)[C@@H](O)CN2C[C@H](O)CC2=O)C(C)C)ccc1OC. The molecule has 0 spiro atoms. The maximum atomic E-state index is 11.9. The van der Waals surface area contributed by atoms with E-state index in [4.69, 9.17) is 19.9 Å². The molecule has 1 aromatic carbocycles. The summed E-state index contributed by atoms with van der Waals surface area (Å²) in [6, 6.07) is 5.49. The van der Waals surface area contributed by atoms with Gasteiger partial charge in [0.05, 0.1) is 32.3 Å². The van der Waals surface area contributed by atoms with Crippen LogP contribution in [0.2, 0.25) is 0 Å². The molecule has 1 saturated heterocycles. The molecule has 32 heavy (non-hydrogen) atoms. The molecule has 0 unspecified atom stereocenters. The van der Waals surface area contributed by atoms with Crippen LogP contribution >= 0.6 is 0 Å². The van der Waals surface area contributed by atoms with Gasteiger partial charge in [-0.15, -0.1) is 0 Å². The Morgan fingerprint density at radius 3 is 2.56 bits per heavy atom. The van der Waals surface area contributed by atoms with Crippen molar-refractivity contribution in [3.05, 3.63) is 23.8 Å². The van der Waals surface area contributed by atoms with Crippen LogP contribution in [0.1, 0.15) is 38.7 Å². The summed E-state index contributed by atoms with van der Waals surface area (Å²) in [7, 11) is 3.29. The van der Waals surface area contributed by atoms with Crippen LogP contribution in [-0.4, -0.2) is 79.8 Å². The molecule has 0 aliphatic carbocycles. The van der Waals surface area contributed by atoms with Gasteiger partial charge in [-0.25, -0.2) is 0 Å². The lowest BCUT2D eigenvalue weighted by Crippen LogP contribution is -2.45. The van der Waals surface area contributed by atoms with Gasteiger partial charge < -0.3 is 35.1 Å². The van der Waals surface area contributed by atoms with Crippen molar-refractivity contribution in [1.82, 2.24) is 4.90 Å². The minimum Gasteiger partial charge on any atom is -0.493 e. The number of ether oxygens (including phenoxy) is 3. The first kappa shape index (κ1) is 26.4. The first-order chi connectivity index (χ1) is 15.2. The summed E-state index contributed by atoms with van der Waals surface area (Å²) < 4.78 is 16.4. The van der Waals surface area contributed by atoms with Crippen LogP contribution in [0.5, 0.6) is 11.5 Å². The molecular formula is C24H40N2O6. The third-order valence-electron chi connectivity index (χ3n) is 6.09. The zero-order valence-electron chi connectivity index (χ0n) is 19.8. The fraction of sp³-hybridized carbons (Fsp3) is 0.708. The molecular weight excluding hydrogens is 412 g/mol. The normalized spacial score (nSPS) is 19.3. The lowest BCUT2D eigenvalue weighted by Gasteiger charge is -2.29. The highest BCUT2D eigenvalue weighted by atomic mass is 16.5. The predicted octanol–water partition coefficient (Wildman–Crippen LogP) is 1.60. The number of nitrogens with two attached hydrogens (primary N) is 1. The largest absolute Gasteiger partial charge is 0.493 e. The second-order valence-electron chi connectivity index (χ2n) is 9.01. The molecule has 1 fully saturated rings. The topological polar surface area (TPSA) is 114 Å².